The Kier molecular flexibility index (Phi) is 5.07. The highest BCUT2D eigenvalue weighted by Crippen LogP contribution is 2.31. The molecule has 0 fully saturated rings. The van der Waals surface area contributed by atoms with Crippen molar-refractivity contribution >= 4 is 40.8 Å². The molecule has 1 aliphatic heterocycles. The van der Waals surface area contributed by atoms with Crippen LogP contribution in [0.15, 0.2) is 66.7 Å². The van der Waals surface area contributed by atoms with Crippen molar-refractivity contribution in [2.45, 2.75) is 12.5 Å². The fourth-order valence-corrected chi connectivity index (χ4v) is 3.52. The van der Waals surface area contributed by atoms with Crippen LogP contribution in [0.25, 0.3) is 0 Å². The van der Waals surface area contributed by atoms with Crippen LogP contribution in [0.4, 0.5) is 5.69 Å². The van der Waals surface area contributed by atoms with Gasteiger partial charge >= 0.3 is 5.97 Å². The molecule has 3 aromatic carbocycles. The zero-order valence-electron chi connectivity index (χ0n) is 14.6. The first-order valence-corrected chi connectivity index (χ1v) is 9.42. The third-order valence-electron chi connectivity index (χ3n) is 4.59. The van der Waals surface area contributed by atoms with Gasteiger partial charge in [-0.15, -0.1) is 0 Å². The first kappa shape index (κ1) is 18.5. The van der Waals surface area contributed by atoms with Crippen molar-refractivity contribution in [1.82, 2.24) is 0 Å². The normalized spacial score (nSPS) is 15.5. The number of cyclic esters (lactones) is 1. The summed E-state index contributed by atoms with van der Waals surface area (Å²) < 4.78 is 5.55. The monoisotopic (exact) mass is 411 g/mol. The van der Waals surface area contributed by atoms with Crippen LogP contribution >= 0.6 is 23.2 Å². The third-order valence-corrected chi connectivity index (χ3v) is 5.15. The van der Waals surface area contributed by atoms with E-state index in [1.54, 1.807) is 36.4 Å². The number of benzene rings is 3. The van der Waals surface area contributed by atoms with Crippen molar-refractivity contribution in [3.63, 3.8) is 0 Å². The third kappa shape index (κ3) is 3.75. The SMILES string of the molecule is O=C(Nc1cc(Cl)ccc1Cl)c1ccc2c(c1)C[C@@H](c1ccccc1)OC2=O. The zero-order chi connectivity index (χ0) is 19.7. The summed E-state index contributed by atoms with van der Waals surface area (Å²) in [5.41, 5.74) is 3.02. The van der Waals surface area contributed by atoms with Crippen LogP contribution in [0.2, 0.25) is 10.0 Å². The molecule has 4 rings (SSSR count). The van der Waals surface area contributed by atoms with Gasteiger partial charge in [-0.2, -0.15) is 0 Å². The molecule has 1 atom stereocenters. The number of halogens is 2. The van der Waals surface area contributed by atoms with Gasteiger partial charge in [0.1, 0.15) is 6.10 Å². The van der Waals surface area contributed by atoms with Crippen molar-refractivity contribution in [2.24, 2.45) is 0 Å². The lowest BCUT2D eigenvalue weighted by atomic mass is 9.93. The Morgan fingerprint density at radius 2 is 1.79 bits per heavy atom. The van der Waals surface area contributed by atoms with Crippen molar-refractivity contribution in [3.05, 3.63) is 99.0 Å². The number of rotatable bonds is 3. The van der Waals surface area contributed by atoms with E-state index in [0.29, 0.717) is 33.3 Å². The highest BCUT2D eigenvalue weighted by molar-refractivity contribution is 6.35. The second-order valence-electron chi connectivity index (χ2n) is 6.46. The minimum absolute atomic E-state index is 0.331. The van der Waals surface area contributed by atoms with E-state index < -0.39 is 0 Å². The molecule has 4 nitrogen and oxygen atoms in total. The minimum Gasteiger partial charge on any atom is -0.454 e. The van der Waals surface area contributed by atoms with Crippen LogP contribution in [-0.4, -0.2) is 11.9 Å². The summed E-state index contributed by atoms with van der Waals surface area (Å²) >= 11 is 12.1. The summed E-state index contributed by atoms with van der Waals surface area (Å²) in [6.07, 6.45) is 0.131. The maximum atomic E-state index is 12.7. The number of ether oxygens (including phenoxy) is 1. The fraction of sp³-hybridized carbons (Fsp3) is 0.0909. The molecule has 0 aromatic heterocycles. The molecule has 3 aromatic rings. The number of fused-ring (bicyclic) bond motifs is 1. The van der Waals surface area contributed by atoms with Crippen LogP contribution < -0.4 is 5.32 Å². The van der Waals surface area contributed by atoms with Gasteiger partial charge in [0.2, 0.25) is 0 Å². The first-order chi connectivity index (χ1) is 13.5. The number of hydrogen-bond acceptors (Lipinski definition) is 3. The number of carbonyl (C=O) groups excluding carboxylic acids is 2. The quantitative estimate of drug-likeness (QED) is 0.562. The smallest absolute Gasteiger partial charge is 0.339 e. The molecular formula is C22H15Cl2NO3. The Balaban J connectivity index is 1.60. The molecule has 0 spiro atoms. The Hall–Kier alpha value is -2.82. The van der Waals surface area contributed by atoms with Crippen LogP contribution in [0.5, 0.6) is 0 Å². The molecule has 1 amide bonds. The van der Waals surface area contributed by atoms with E-state index in [0.717, 1.165) is 11.1 Å². The summed E-state index contributed by atoms with van der Waals surface area (Å²) in [5, 5.41) is 3.62. The Labute approximate surface area is 172 Å². The van der Waals surface area contributed by atoms with E-state index in [2.05, 4.69) is 5.32 Å². The number of esters is 1. The number of carbonyl (C=O) groups is 2. The van der Waals surface area contributed by atoms with Gasteiger partial charge in [-0.05, 0) is 47.5 Å². The molecule has 1 heterocycles. The second-order valence-corrected chi connectivity index (χ2v) is 7.30. The lowest BCUT2D eigenvalue weighted by molar-refractivity contribution is 0.0252. The molecule has 0 bridgehead atoms. The summed E-state index contributed by atoms with van der Waals surface area (Å²) in [6.45, 7) is 0. The summed E-state index contributed by atoms with van der Waals surface area (Å²) in [5.74, 6) is -0.720. The molecule has 0 saturated carbocycles. The molecule has 0 aliphatic carbocycles. The fourth-order valence-electron chi connectivity index (χ4n) is 3.18. The van der Waals surface area contributed by atoms with Gasteiger partial charge in [0.05, 0.1) is 16.3 Å². The van der Waals surface area contributed by atoms with E-state index in [9.17, 15) is 9.59 Å². The summed E-state index contributed by atoms with van der Waals surface area (Å²) in [7, 11) is 0. The molecule has 0 saturated heterocycles. The van der Waals surface area contributed by atoms with Gasteiger partial charge < -0.3 is 10.1 Å². The molecular weight excluding hydrogens is 397 g/mol. The van der Waals surface area contributed by atoms with Crippen LogP contribution in [0.1, 0.15) is 37.9 Å². The highest BCUT2D eigenvalue weighted by atomic mass is 35.5. The molecule has 0 radical (unpaired) electrons. The van der Waals surface area contributed by atoms with E-state index in [1.165, 1.54) is 0 Å². The summed E-state index contributed by atoms with van der Waals surface area (Å²) in [6, 6.07) is 19.3. The lowest BCUT2D eigenvalue weighted by Crippen LogP contribution is -2.23. The average molecular weight is 412 g/mol. The van der Waals surface area contributed by atoms with Crippen molar-refractivity contribution in [2.75, 3.05) is 5.32 Å². The molecule has 1 N–H and O–H groups in total. The van der Waals surface area contributed by atoms with Crippen molar-refractivity contribution in [3.8, 4) is 0 Å². The topological polar surface area (TPSA) is 55.4 Å². The highest BCUT2D eigenvalue weighted by Gasteiger charge is 2.28. The second kappa shape index (κ2) is 7.66. The Bertz CT molecular complexity index is 1070. The average Bonchev–Trinajstić information content (AvgIpc) is 2.71. The van der Waals surface area contributed by atoms with E-state index >= 15 is 0 Å². The predicted octanol–water partition coefficient (Wildman–Crippen LogP) is 5.70. The number of anilines is 1. The zero-order valence-corrected chi connectivity index (χ0v) is 16.1. The Morgan fingerprint density at radius 1 is 1.00 bits per heavy atom. The largest absolute Gasteiger partial charge is 0.454 e. The molecule has 140 valence electrons. The van der Waals surface area contributed by atoms with E-state index in [-0.39, 0.29) is 18.0 Å². The van der Waals surface area contributed by atoms with E-state index in [4.69, 9.17) is 27.9 Å². The van der Waals surface area contributed by atoms with Gasteiger partial charge in [-0.1, -0.05) is 53.5 Å². The lowest BCUT2D eigenvalue weighted by Gasteiger charge is -2.25. The molecule has 6 heteroatoms. The maximum absolute atomic E-state index is 12.7. The molecule has 28 heavy (non-hydrogen) atoms. The van der Waals surface area contributed by atoms with Crippen LogP contribution in [0, 0.1) is 0 Å². The summed E-state index contributed by atoms with van der Waals surface area (Å²) in [4.78, 5) is 25.0. The Morgan fingerprint density at radius 3 is 2.57 bits per heavy atom. The van der Waals surface area contributed by atoms with E-state index in [1.807, 2.05) is 30.3 Å². The number of nitrogens with one attached hydrogen (secondary N) is 1. The minimum atomic E-state index is -0.389. The maximum Gasteiger partial charge on any atom is 0.339 e. The van der Waals surface area contributed by atoms with Crippen LogP contribution in [-0.2, 0) is 11.2 Å². The van der Waals surface area contributed by atoms with Gasteiger partial charge in [0.15, 0.2) is 0 Å². The van der Waals surface area contributed by atoms with Crippen LogP contribution in [0.3, 0.4) is 0 Å². The van der Waals surface area contributed by atoms with Gasteiger partial charge in [0, 0.05) is 17.0 Å². The van der Waals surface area contributed by atoms with Gasteiger partial charge in [0.25, 0.3) is 5.91 Å². The van der Waals surface area contributed by atoms with Gasteiger partial charge in [-0.3, -0.25) is 4.79 Å². The first-order valence-electron chi connectivity index (χ1n) is 8.66. The number of amides is 1. The number of hydrogen-bond donors (Lipinski definition) is 1. The standard InChI is InChI=1S/C22H15Cl2NO3/c23-16-7-9-18(24)19(12-16)25-21(26)14-6-8-17-15(10-14)11-20(28-22(17)27)13-4-2-1-3-5-13/h1-10,12,20H,11H2,(H,25,26)/t20-/m0/s1. The molecule has 0 unspecified atom stereocenters. The molecule has 1 aliphatic rings. The van der Waals surface area contributed by atoms with Crippen molar-refractivity contribution < 1.29 is 14.3 Å². The van der Waals surface area contributed by atoms with Crippen molar-refractivity contribution in [1.29, 1.82) is 0 Å². The predicted molar refractivity (Wildman–Crippen MR) is 109 cm³/mol. The van der Waals surface area contributed by atoms with Gasteiger partial charge in [-0.25, -0.2) is 4.79 Å².